The fraction of sp³-hybridized carbons (Fsp3) is 0.0667. The zero-order valence-electron chi connectivity index (χ0n) is 11.3. The highest BCUT2D eigenvalue weighted by Gasteiger charge is 2.18. The van der Waals surface area contributed by atoms with Crippen LogP contribution < -0.4 is 5.43 Å². The number of amides is 1. The molecule has 0 heterocycles. The van der Waals surface area contributed by atoms with Gasteiger partial charge in [-0.1, -0.05) is 36.4 Å². The van der Waals surface area contributed by atoms with E-state index in [-0.39, 0.29) is 11.3 Å². The van der Waals surface area contributed by atoms with Crippen molar-refractivity contribution in [1.82, 2.24) is 5.43 Å². The highest BCUT2D eigenvalue weighted by atomic mass is 16.6. The first kappa shape index (κ1) is 14.4. The van der Waals surface area contributed by atoms with Crippen molar-refractivity contribution in [3.63, 3.8) is 0 Å². The molecule has 0 aliphatic heterocycles. The van der Waals surface area contributed by atoms with E-state index in [9.17, 15) is 14.9 Å². The summed E-state index contributed by atoms with van der Waals surface area (Å²) in [6, 6.07) is 13.3. The molecule has 0 atom stereocenters. The van der Waals surface area contributed by atoms with E-state index in [0.717, 1.165) is 11.1 Å². The SMILES string of the molecule is Cc1ccccc1/C=N\NC(=O)c1ccccc1[N+](=O)[O-]. The molecule has 6 heteroatoms. The van der Waals surface area contributed by atoms with Crippen LogP contribution in [0, 0.1) is 17.0 Å². The second-order valence-electron chi connectivity index (χ2n) is 4.33. The van der Waals surface area contributed by atoms with E-state index >= 15 is 0 Å². The van der Waals surface area contributed by atoms with E-state index in [4.69, 9.17) is 0 Å². The van der Waals surface area contributed by atoms with Gasteiger partial charge in [0.2, 0.25) is 0 Å². The normalized spacial score (nSPS) is 10.5. The van der Waals surface area contributed by atoms with Gasteiger partial charge in [0.05, 0.1) is 11.1 Å². The smallest absolute Gasteiger partial charge is 0.267 e. The average molecular weight is 283 g/mol. The molecule has 0 aliphatic rings. The molecule has 0 radical (unpaired) electrons. The van der Waals surface area contributed by atoms with Crippen LogP contribution in [0.15, 0.2) is 53.6 Å². The van der Waals surface area contributed by atoms with Crippen molar-refractivity contribution >= 4 is 17.8 Å². The summed E-state index contributed by atoms with van der Waals surface area (Å²) in [6.45, 7) is 1.92. The van der Waals surface area contributed by atoms with Gasteiger partial charge in [-0.3, -0.25) is 14.9 Å². The molecule has 21 heavy (non-hydrogen) atoms. The van der Waals surface area contributed by atoms with E-state index in [1.54, 1.807) is 6.07 Å². The van der Waals surface area contributed by atoms with Crippen molar-refractivity contribution in [3.05, 3.63) is 75.3 Å². The number of carbonyl (C=O) groups excluding carboxylic acids is 1. The Morgan fingerprint density at radius 2 is 1.86 bits per heavy atom. The predicted molar refractivity (Wildman–Crippen MR) is 79.3 cm³/mol. The van der Waals surface area contributed by atoms with E-state index in [2.05, 4.69) is 10.5 Å². The monoisotopic (exact) mass is 283 g/mol. The van der Waals surface area contributed by atoms with Gasteiger partial charge in [0.15, 0.2) is 0 Å². The maximum Gasteiger partial charge on any atom is 0.282 e. The van der Waals surface area contributed by atoms with Crippen molar-refractivity contribution in [2.75, 3.05) is 0 Å². The summed E-state index contributed by atoms with van der Waals surface area (Å²) in [5, 5.41) is 14.7. The van der Waals surface area contributed by atoms with E-state index < -0.39 is 10.8 Å². The summed E-state index contributed by atoms with van der Waals surface area (Å²) in [7, 11) is 0. The third kappa shape index (κ3) is 3.50. The van der Waals surface area contributed by atoms with Gasteiger partial charge in [0.25, 0.3) is 11.6 Å². The van der Waals surface area contributed by atoms with Crippen LogP contribution in [0.5, 0.6) is 0 Å². The van der Waals surface area contributed by atoms with E-state index in [1.807, 2.05) is 31.2 Å². The maximum absolute atomic E-state index is 11.9. The molecule has 0 fully saturated rings. The molecule has 0 saturated carbocycles. The summed E-state index contributed by atoms with van der Waals surface area (Å²) in [4.78, 5) is 22.2. The Morgan fingerprint density at radius 3 is 2.57 bits per heavy atom. The molecular formula is C15H13N3O3. The first-order chi connectivity index (χ1) is 10.1. The molecule has 0 aromatic heterocycles. The van der Waals surface area contributed by atoms with Gasteiger partial charge in [-0.05, 0) is 24.1 Å². The Kier molecular flexibility index (Phi) is 4.40. The van der Waals surface area contributed by atoms with Crippen LogP contribution in [-0.4, -0.2) is 17.0 Å². The van der Waals surface area contributed by atoms with Crippen LogP contribution in [0.4, 0.5) is 5.69 Å². The number of hydrazone groups is 1. The van der Waals surface area contributed by atoms with Gasteiger partial charge < -0.3 is 0 Å². The number of nitro benzene ring substituents is 1. The molecule has 2 aromatic carbocycles. The van der Waals surface area contributed by atoms with Crippen LogP contribution >= 0.6 is 0 Å². The lowest BCUT2D eigenvalue weighted by Crippen LogP contribution is -2.19. The van der Waals surface area contributed by atoms with Crippen molar-refractivity contribution < 1.29 is 9.72 Å². The topological polar surface area (TPSA) is 84.6 Å². The molecule has 2 rings (SSSR count). The second kappa shape index (κ2) is 6.42. The summed E-state index contributed by atoms with van der Waals surface area (Å²) in [6.07, 6.45) is 1.50. The molecule has 0 unspecified atom stereocenters. The van der Waals surface area contributed by atoms with Gasteiger partial charge in [0, 0.05) is 6.07 Å². The molecule has 1 amide bonds. The number of para-hydroxylation sites is 1. The number of nitrogens with one attached hydrogen (secondary N) is 1. The quantitative estimate of drug-likeness (QED) is 0.532. The van der Waals surface area contributed by atoms with E-state index in [0.29, 0.717) is 0 Å². The van der Waals surface area contributed by atoms with Crippen LogP contribution in [0.1, 0.15) is 21.5 Å². The number of hydrogen-bond donors (Lipinski definition) is 1. The van der Waals surface area contributed by atoms with Gasteiger partial charge in [-0.25, -0.2) is 5.43 Å². The van der Waals surface area contributed by atoms with Crippen molar-refractivity contribution in [3.8, 4) is 0 Å². The Balaban J connectivity index is 2.13. The minimum absolute atomic E-state index is 0.0237. The van der Waals surface area contributed by atoms with Crippen molar-refractivity contribution in [2.45, 2.75) is 6.92 Å². The molecule has 106 valence electrons. The molecule has 0 aliphatic carbocycles. The number of rotatable bonds is 4. The summed E-state index contributed by atoms with van der Waals surface area (Å²) < 4.78 is 0. The van der Waals surface area contributed by atoms with Crippen molar-refractivity contribution in [1.29, 1.82) is 0 Å². The molecule has 0 bridgehead atoms. The van der Waals surface area contributed by atoms with Crippen LogP contribution in [0.2, 0.25) is 0 Å². The Bertz CT molecular complexity index is 711. The number of hydrogen-bond acceptors (Lipinski definition) is 4. The standard InChI is InChI=1S/C15H13N3O3/c1-11-6-2-3-7-12(11)10-16-17-15(19)13-8-4-5-9-14(13)18(20)21/h2-10H,1H3,(H,17,19)/b16-10-. The molecular weight excluding hydrogens is 270 g/mol. The largest absolute Gasteiger partial charge is 0.282 e. The molecule has 6 nitrogen and oxygen atoms in total. The summed E-state index contributed by atoms with van der Waals surface area (Å²) in [5.74, 6) is -0.618. The minimum Gasteiger partial charge on any atom is -0.267 e. The van der Waals surface area contributed by atoms with Crippen LogP contribution in [0.25, 0.3) is 0 Å². The zero-order valence-corrected chi connectivity index (χ0v) is 11.3. The number of carbonyl (C=O) groups is 1. The van der Waals surface area contributed by atoms with Gasteiger partial charge in [-0.15, -0.1) is 0 Å². The first-order valence-electron chi connectivity index (χ1n) is 6.22. The molecule has 2 aromatic rings. The minimum atomic E-state index is -0.618. The first-order valence-corrected chi connectivity index (χ1v) is 6.22. The Morgan fingerprint density at radius 1 is 1.19 bits per heavy atom. The van der Waals surface area contributed by atoms with Gasteiger partial charge in [0.1, 0.15) is 5.56 Å². The lowest BCUT2D eigenvalue weighted by atomic mass is 10.1. The predicted octanol–water partition coefficient (Wildman–Crippen LogP) is 2.67. The highest BCUT2D eigenvalue weighted by Crippen LogP contribution is 2.17. The number of benzene rings is 2. The van der Waals surface area contributed by atoms with Gasteiger partial charge in [-0.2, -0.15) is 5.10 Å². The molecule has 0 spiro atoms. The number of nitrogens with zero attached hydrogens (tertiary/aromatic N) is 2. The maximum atomic E-state index is 11.9. The third-order valence-electron chi connectivity index (χ3n) is 2.90. The Labute approximate surface area is 121 Å². The fourth-order valence-corrected chi connectivity index (χ4v) is 1.78. The van der Waals surface area contributed by atoms with Gasteiger partial charge >= 0.3 is 0 Å². The zero-order chi connectivity index (χ0) is 15.2. The summed E-state index contributed by atoms with van der Waals surface area (Å²) >= 11 is 0. The number of aryl methyl sites for hydroxylation is 1. The fourth-order valence-electron chi connectivity index (χ4n) is 1.78. The number of nitro groups is 1. The lowest BCUT2D eigenvalue weighted by Gasteiger charge is -2.01. The van der Waals surface area contributed by atoms with Crippen molar-refractivity contribution in [2.24, 2.45) is 5.10 Å². The molecule has 1 N–H and O–H groups in total. The Hall–Kier alpha value is -3.02. The average Bonchev–Trinajstić information content (AvgIpc) is 2.49. The molecule has 0 saturated heterocycles. The summed E-state index contributed by atoms with van der Waals surface area (Å²) in [5.41, 5.74) is 3.90. The van der Waals surface area contributed by atoms with Crippen LogP contribution in [0.3, 0.4) is 0 Å². The van der Waals surface area contributed by atoms with E-state index in [1.165, 1.54) is 24.4 Å². The van der Waals surface area contributed by atoms with Crippen LogP contribution in [-0.2, 0) is 0 Å². The third-order valence-corrected chi connectivity index (χ3v) is 2.90. The lowest BCUT2D eigenvalue weighted by molar-refractivity contribution is -0.385. The highest BCUT2D eigenvalue weighted by molar-refractivity contribution is 5.98. The second-order valence-corrected chi connectivity index (χ2v) is 4.33.